The highest BCUT2D eigenvalue weighted by Crippen LogP contribution is 2.40. The number of allylic oxidation sites excluding steroid dienone is 1. The van der Waals surface area contributed by atoms with E-state index in [1.54, 1.807) is 24.1 Å². The number of amidine groups is 1. The Labute approximate surface area is 228 Å². The van der Waals surface area contributed by atoms with Crippen molar-refractivity contribution in [2.75, 3.05) is 19.7 Å². The van der Waals surface area contributed by atoms with Gasteiger partial charge in [-0.2, -0.15) is 0 Å². The lowest BCUT2D eigenvalue weighted by molar-refractivity contribution is -0.139. The Kier molecular flexibility index (Phi) is 8.33. The maximum atomic E-state index is 13.9. The lowest BCUT2D eigenvalue weighted by Gasteiger charge is -2.37. The molecule has 198 valence electrons. The summed E-state index contributed by atoms with van der Waals surface area (Å²) in [5.41, 5.74) is 1.14. The number of benzene rings is 1. The Hall–Kier alpha value is -2.79. The summed E-state index contributed by atoms with van der Waals surface area (Å²) in [6.45, 7) is 8.44. The number of likely N-dealkylation sites (tertiary alicyclic amines) is 1. The van der Waals surface area contributed by atoms with Crippen molar-refractivity contribution < 1.29 is 23.5 Å². The number of esters is 1. The van der Waals surface area contributed by atoms with Gasteiger partial charge in [-0.1, -0.05) is 22.0 Å². The van der Waals surface area contributed by atoms with Crippen LogP contribution in [0, 0.1) is 11.7 Å². The third-order valence-corrected chi connectivity index (χ3v) is 7.48. The summed E-state index contributed by atoms with van der Waals surface area (Å²) in [4.78, 5) is 36.9. The molecule has 1 amide bonds. The molecule has 2 aromatic rings. The highest BCUT2D eigenvalue weighted by Gasteiger charge is 2.38. The maximum absolute atomic E-state index is 13.9. The first-order valence-electron chi connectivity index (χ1n) is 12.2. The predicted octanol–water partition coefficient (Wildman–Crippen LogP) is 5.60. The van der Waals surface area contributed by atoms with Crippen molar-refractivity contribution in [3.63, 3.8) is 0 Å². The van der Waals surface area contributed by atoms with Gasteiger partial charge in [-0.3, -0.25) is 4.99 Å². The van der Waals surface area contributed by atoms with E-state index in [9.17, 15) is 14.0 Å². The van der Waals surface area contributed by atoms with Gasteiger partial charge < -0.3 is 19.7 Å². The second-order valence-corrected chi connectivity index (χ2v) is 11.5. The number of hydrogen-bond acceptors (Lipinski definition) is 8. The van der Waals surface area contributed by atoms with E-state index in [-0.39, 0.29) is 18.6 Å². The summed E-state index contributed by atoms with van der Waals surface area (Å²) in [5.74, 6) is -0.410. The number of hydrogen-bond donors (Lipinski definition) is 1. The molecule has 1 fully saturated rings. The van der Waals surface area contributed by atoms with Crippen LogP contribution in [0.25, 0.3) is 0 Å². The quantitative estimate of drug-likeness (QED) is 0.454. The highest BCUT2D eigenvalue weighted by molar-refractivity contribution is 9.10. The number of aromatic nitrogens is 1. The summed E-state index contributed by atoms with van der Waals surface area (Å²) in [7, 11) is 0. The van der Waals surface area contributed by atoms with Gasteiger partial charge in [-0.05, 0) is 58.2 Å². The summed E-state index contributed by atoms with van der Waals surface area (Å²) in [6.07, 6.45) is 2.58. The molecule has 0 saturated carbocycles. The maximum Gasteiger partial charge on any atom is 0.410 e. The smallest absolute Gasteiger partial charge is 0.410 e. The van der Waals surface area contributed by atoms with Crippen molar-refractivity contribution in [2.24, 2.45) is 10.9 Å². The molecule has 3 heterocycles. The number of nitrogens with one attached hydrogen (secondary N) is 1. The van der Waals surface area contributed by atoms with Crippen LogP contribution >= 0.6 is 27.3 Å². The van der Waals surface area contributed by atoms with E-state index < -0.39 is 23.4 Å². The van der Waals surface area contributed by atoms with E-state index in [0.717, 1.165) is 0 Å². The van der Waals surface area contributed by atoms with Gasteiger partial charge in [0.25, 0.3) is 0 Å². The number of piperidine rings is 1. The van der Waals surface area contributed by atoms with Crippen molar-refractivity contribution in [1.29, 1.82) is 0 Å². The van der Waals surface area contributed by atoms with Crippen LogP contribution in [0.2, 0.25) is 0 Å². The first-order valence-corrected chi connectivity index (χ1v) is 13.8. The molecule has 1 aromatic carbocycles. The van der Waals surface area contributed by atoms with Crippen LogP contribution in [0.4, 0.5) is 9.18 Å². The van der Waals surface area contributed by atoms with Crippen LogP contribution in [0.5, 0.6) is 0 Å². The third-order valence-electron chi connectivity index (χ3n) is 6.02. The number of nitrogens with zero attached hydrogens (tertiary/aromatic N) is 3. The van der Waals surface area contributed by atoms with Crippen molar-refractivity contribution in [1.82, 2.24) is 15.2 Å². The minimum absolute atomic E-state index is 0.0646. The fraction of sp³-hybridized carbons (Fsp3) is 0.462. The number of ether oxygens (including phenoxy) is 2. The molecule has 0 bridgehead atoms. The molecule has 0 aliphatic carbocycles. The summed E-state index contributed by atoms with van der Waals surface area (Å²) in [5, 5.41) is 5.91. The second-order valence-electron chi connectivity index (χ2n) is 9.80. The van der Waals surface area contributed by atoms with Gasteiger partial charge in [-0.15, -0.1) is 11.3 Å². The van der Waals surface area contributed by atoms with Crippen molar-refractivity contribution in [3.8, 4) is 0 Å². The van der Waals surface area contributed by atoms with Crippen LogP contribution < -0.4 is 5.32 Å². The normalized spacial score (nSPS) is 18.8. The van der Waals surface area contributed by atoms with Crippen LogP contribution in [0.1, 0.15) is 57.1 Å². The Morgan fingerprint density at radius 3 is 2.59 bits per heavy atom. The molecule has 0 spiro atoms. The molecule has 1 unspecified atom stereocenters. The van der Waals surface area contributed by atoms with E-state index in [1.807, 2.05) is 26.2 Å². The number of thiazole rings is 1. The summed E-state index contributed by atoms with van der Waals surface area (Å²) < 4.78 is 25.4. The average molecular weight is 594 g/mol. The van der Waals surface area contributed by atoms with Gasteiger partial charge in [0, 0.05) is 40.8 Å². The Morgan fingerprint density at radius 2 is 2.00 bits per heavy atom. The number of carbonyl (C=O) groups is 2. The molecule has 37 heavy (non-hydrogen) atoms. The molecule has 1 N–H and O–H groups in total. The molecule has 11 heteroatoms. The van der Waals surface area contributed by atoms with E-state index in [2.05, 4.69) is 26.2 Å². The number of aliphatic imine (C=N–C) groups is 1. The Bertz CT molecular complexity index is 1220. The predicted molar refractivity (Wildman–Crippen MR) is 143 cm³/mol. The Morgan fingerprint density at radius 1 is 1.27 bits per heavy atom. The zero-order valence-corrected chi connectivity index (χ0v) is 23.6. The topological polar surface area (TPSA) is 93.1 Å². The molecule has 0 radical (unpaired) electrons. The van der Waals surface area contributed by atoms with Gasteiger partial charge in [0.05, 0.1) is 12.2 Å². The molecule has 1 aromatic heterocycles. The molecule has 1 saturated heterocycles. The van der Waals surface area contributed by atoms with Gasteiger partial charge in [0.2, 0.25) is 0 Å². The highest BCUT2D eigenvalue weighted by atomic mass is 79.9. The molecular formula is C26H30BrFN4O4S. The molecule has 1 atom stereocenters. The molecule has 4 rings (SSSR count). The second kappa shape index (κ2) is 11.3. The van der Waals surface area contributed by atoms with Crippen molar-refractivity contribution in [2.45, 2.75) is 52.2 Å². The molecule has 2 aliphatic heterocycles. The van der Waals surface area contributed by atoms with Crippen molar-refractivity contribution in [3.05, 3.63) is 61.9 Å². The number of carbonyl (C=O) groups excluding carboxylic acids is 2. The number of halogens is 2. The Balaban J connectivity index is 1.72. The third kappa shape index (κ3) is 6.38. The SMILES string of the molecule is CCOC(=O)C1=C(C2CCN(C(=O)OC(C)(C)C)CC2)NC(c2nccs2)=NC1c1ccc(F)cc1Br. The van der Waals surface area contributed by atoms with E-state index >= 15 is 0 Å². The van der Waals surface area contributed by atoms with Crippen LogP contribution in [0.3, 0.4) is 0 Å². The number of amides is 1. The van der Waals surface area contributed by atoms with E-state index in [0.29, 0.717) is 58.1 Å². The number of rotatable bonds is 5. The van der Waals surface area contributed by atoms with Crippen LogP contribution in [-0.4, -0.2) is 53.1 Å². The fourth-order valence-corrected chi connectivity index (χ4v) is 5.55. The zero-order valence-electron chi connectivity index (χ0n) is 21.2. The van der Waals surface area contributed by atoms with Crippen molar-refractivity contribution >= 4 is 45.2 Å². The summed E-state index contributed by atoms with van der Waals surface area (Å²) >= 11 is 4.88. The van der Waals surface area contributed by atoms with Gasteiger partial charge in [0.1, 0.15) is 17.5 Å². The van der Waals surface area contributed by atoms with Gasteiger partial charge >= 0.3 is 12.1 Å². The largest absolute Gasteiger partial charge is 0.463 e. The molecular weight excluding hydrogens is 563 g/mol. The monoisotopic (exact) mass is 592 g/mol. The van der Waals surface area contributed by atoms with E-state index in [4.69, 9.17) is 14.5 Å². The molecule has 8 nitrogen and oxygen atoms in total. The zero-order chi connectivity index (χ0) is 26.7. The standard InChI is InChI=1S/C26H30BrFN4O4S/c1-5-35-24(33)19-20(15-8-11-32(12-9-15)25(34)36-26(2,3)4)30-22(23-29-10-13-37-23)31-21(19)17-7-6-16(28)14-18(17)27/h6-7,10,13-15,21H,5,8-9,11-12H2,1-4H3,(H,30,31). The lowest BCUT2D eigenvalue weighted by atomic mass is 9.86. The fourth-order valence-electron chi connectivity index (χ4n) is 4.40. The molecule has 2 aliphatic rings. The first kappa shape index (κ1) is 27.3. The lowest BCUT2D eigenvalue weighted by Crippen LogP contribution is -2.44. The average Bonchev–Trinajstić information content (AvgIpc) is 3.38. The van der Waals surface area contributed by atoms with Crippen LogP contribution in [0.15, 0.2) is 50.5 Å². The first-order chi connectivity index (χ1) is 17.6. The van der Waals surface area contributed by atoms with E-state index in [1.165, 1.54) is 23.5 Å². The minimum Gasteiger partial charge on any atom is -0.463 e. The van der Waals surface area contributed by atoms with Gasteiger partial charge in [-0.25, -0.2) is 19.0 Å². The van der Waals surface area contributed by atoms with Gasteiger partial charge in [0.15, 0.2) is 10.8 Å². The summed E-state index contributed by atoms with van der Waals surface area (Å²) in [6, 6.07) is 3.61. The van der Waals surface area contributed by atoms with Crippen LogP contribution in [-0.2, 0) is 14.3 Å². The minimum atomic E-state index is -0.729.